The molecule has 6 heteroatoms. The molecular weight excluding hydrogens is 273 g/mol. The number of piperidine rings is 1. The Morgan fingerprint density at radius 3 is 2.33 bits per heavy atom. The Morgan fingerprint density at radius 2 is 1.89 bits per heavy atom. The number of carbonyl (C=O) groups excluding carboxylic acids is 1. The number of halogens is 2. The van der Waals surface area contributed by atoms with Gasteiger partial charge >= 0.3 is 0 Å². The second-order valence-electron chi connectivity index (χ2n) is 5.25. The number of hydrogen-bond acceptors (Lipinski definition) is 3. The van der Waals surface area contributed by atoms with Gasteiger partial charge in [0.25, 0.3) is 0 Å². The standard InChI is InChI=1S/C12H23N3O.2ClH/c1-2-7-15-8-3-10(4-9-15)14-11(16)12(13)5-6-12;;/h10H,2-9,13H2,1H3,(H,14,16);2*1H. The lowest BCUT2D eigenvalue weighted by molar-refractivity contribution is -0.124. The molecule has 1 amide bonds. The lowest BCUT2D eigenvalue weighted by Gasteiger charge is -2.32. The van der Waals surface area contributed by atoms with E-state index in [0.29, 0.717) is 6.04 Å². The van der Waals surface area contributed by atoms with Crippen molar-refractivity contribution in [2.75, 3.05) is 19.6 Å². The van der Waals surface area contributed by atoms with Gasteiger partial charge in [-0.25, -0.2) is 0 Å². The molecule has 0 unspecified atom stereocenters. The van der Waals surface area contributed by atoms with Gasteiger partial charge in [-0.2, -0.15) is 0 Å². The Balaban J connectivity index is 0.00000144. The maximum Gasteiger partial charge on any atom is 0.240 e. The number of amides is 1. The summed E-state index contributed by atoms with van der Waals surface area (Å²) in [5.41, 5.74) is 5.35. The van der Waals surface area contributed by atoms with Crippen LogP contribution in [0.4, 0.5) is 0 Å². The van der Waals surface area contributed by atoms with Crippen molar-refractivity contribution in [3.05, 3.63) is 0 Å². The molecule has 0 atom stereocenters. The molecule has 0 aromatic heterocycles. The molecular formula is C12H25Cl2N3O. The first kappa shape index (κ1) is 18.0. The van der Waals surface area contributed by atoms with Gasteiger partial charge in [0.1, 0.15) is 0 Å². The summed E-state index contributed by atoms with van der Waals surface area (Å²) in [7, 11) is 0. The number of nitrogens with one attached hydrogen (secondary N) is 1. The highest BCUT2D eigenvalue weighted by molar-refractivity contribution is 5.89. The summed E-state index contributed by atoms with van der Waals surface area (Å²) in [6.07, 6.45) is 5.06. The van der Waals surface area contributed by atoms with Crippen molar-refractivity contribution >= 4 is 30.7 Å². The summed E-state index contributed by atoms with van der Waals surface area (Å²) >= 11 is 0. The third-order valence-corrected chi connectivity index (χ3v) is 3.70. The van der Waals surface area contributed by atoms with E-state index < -0.39 is 5.54 Å². The van der Waals surface area contributed by atoms with Crippen LogP contribution in [0.1, 0.15) is 39.0 Å². The molecule has 3 N–H and O–H groups in total. The van der Waals surface area contributed by atoms with Gasteiger partial charge in [0.2, 0.25) is 5.91 Å². The van der Waals surface area contributed by atoms with Crippen LogP contribution in [0.5, 0.6) is 0 Å². The number of carbonyl (C=O) groups is 1. The third-order valence-electron chi connectivity index (χ3n) is 3.70. The van der Waals surface area contributed by atoms with Crippen LogP contribution in [0.2, 0.25) is 0 Å². The van der Waals surface area contributed by atoms with Crippen LogP contribution in [0.3, 0.4) is 0 Å². The van der Waals surface area contributed by atoms with Crippen molar-refractivity contribution in [3.63, 3.8) is 0 Å². The Morgan fingerprint density at radius 1 is 1.33 bits per heavy atom. The first-order valence-electron chi connectivity index (χ1n) is 6.46. The molecule has 1 aliphatic heterocycles. The van der Waals surface area contributed by atoms with E-state index in [2.05, 4.69) is 17.1 Å². The van der Waals surface area contributed by atoms with Gasteiger partial charge in [0.15, 0.2) is 0 Å². The predicted octanol–water partition coefficient (Wildman–Crippen LogP) is 1.31. The van der Waals surface area contributed by atoms with Crippen LogP contribution in [0.15, 0.2) is 0 Å². The van der Waals surface area contributed by atoms with E-state index in [4.69, 9.17) is 5.73 Å². The molecule has 0 aromatic rings. The summed E-state index contributed by atoms with van der Waals surface area (Å²) in [6, 6.07) is 0.349. The molecule has 2 aliphatic rings. The topological polar surface area (TPSA) is 58.4 Å². The van der Waals surface area contributed by atoms with Crippen molar-refractivity contribution in [1.82, 2.24) is 10.2 Å². The quantitative estimate of drug-likeness (QED) is 0.823. The van der Waals surface area contributed by atoms with Crippen LogP contribution in [0.25, 0.3) is 0 Å². The van der Waals surface area contributed by atoms with Crippen LogP contribution < -0.4 is 11.1 Å². The number of nitrogens with zero attached hydrogens (tertiary/aromatic N) is 1. The van der Waals surface area contributed by atoms with Crippen LogP contribution in [0, 0.1) is 0 Å². The molecule has 1 aliphatic carbocycles. The molecule has 4 nitrogen and oxygen atoms in total. The SMILES string of the molecule is CCCN1CCC(NC(=O)C2(N)CC2)CC1.Cl.Cl. The van der Waals surface area contributed by atoms with E-state index in [0.717, 1.165) is 38.8 Å². The number of likely N-dealkylation sites (tertiary alicyclic amines) is 1. The highest BCUT2D eigenvalue weighted by Crippen LogP contribution is 2.32. The van der Waals surface area contributed by atoms with Gasteiger partial charge in [-0.1, -0.05) is 6.92 Å². The third kappa shape index (κ3) is 4.57. The van der Waals surface area contributed by atoms with Crippen LogP contribution >= 0.6 is 24.8 Å². The molecule has 108 valence electrons. The summed E-state index contributed by atoms with van der Waals surface area (Å²) in [5, 5.41) is 3.09. The fourth-order valence-corrected chi connectivity index (χ4v) is 2.31. The average molecular weight is 298 g/mol. The lowest BCUT2D eigenvalue weighted by atomic mass is 10.0. The van der Waals surface area contributed by atoms with Gasteiger partial charge in [0.05, 0.1) is 5.54 Å². The van der Waals surface area contributed by atoms with Crippen molar-refractivity contribution in [3.8, 4) is 0 Å². The molecule has 0 aromatic carbocycles. The Bertz CT molecular complexity index is 264. The zero-order chi connectivity index (χ0) is 11.6. The molecule has 18 heavy (non-hydrogen) atoms. The minimum Gasteiger partial charge on any atom is -0.352 e. The molecule has 2 fully saturated rings. The van der Waals surface area contributed by atoms with Crippen molar-refractivity contribution in [2.24, 2.45) is 5.73 Å². The van der Waals surface area contributed by atoms with Crippen molar-refractivity contribution in [1.29, 1.82) is 0 Å². The van der Waals surface area contributed by atoms with Crippen molar-refractivity contribution in [2.45, 2.75) is 50.6 Å². The monoisotopic (exact) mass is 297 g/mol. The molecule has 1 heterocycles. The Kier molecular flexibility index (Phi) is 7.52. The van der Waals surface area contributed by atoms with Gasteiger partial charge in [-0.15, -0.1) is 24.8 Å². The van der Waals surface area contributed by atoms with Gasteiger partial charge < -0.3 is 16.0 Å². The van der Waals surface area contributed by atoms with E-state index in [1.165, 1.54) is 13.0 Å². The van der Waals surface area contributed by atoms with Gasteiger partial charge in [0, 0.05) is 19.1 Å². The molecule has 0 radical (unpaired) electrons. The maximum absolute atomic E-state index is 11.8. The molecule has 1 saturated heterocycles. The van der Waals surface area contributed by atoms with Gasteiger partial charge in [-0.05, 0) is 38.6 Å². The second kappa shape index (κ2) is 7.53. The molecule has 2 rings (SSSR count). The number of rotatable bonds is 4. The van der Waals surface area contributed by atoms with Crippen LogP contribution in [-0.4, -0.2) is 42.0 Å². The van der Waals surface area contributed by atoms with E-state index in [-0.39, 0.29) is 30.7 Å². The summed E-state index contributed by atoms with van der Waals surface area (Å²) in [5.74, 6) is 0.0708. The first-order chi connectivity index (χ1) is 7.64. The fourth-order valence-electron chi connectivity index (χ4n) is 2.31. The number of hydrogen-bond donors (Lipinski definition) is 2. The number of nitrogens with two attached hydrogens (primary N) is 1. The van der Waals surface area contributed by atoms with Crippen molar-refractivity contribution < 1.29 is 4.79 Å². The smallest absolute Gasteiger partial charge is 0.240 e. The minimum absolute atomic E-state index is 0. The lowest BCUT2D eigenvalue weighted by Crippen LogP contribution is -2.50. The molecule has 0 spiro atoms. The highest BCUT2D eigenvalue weighted by Gasteiger charge is 2.46. The highest BCUT2D eigenvalue weighted by atomic mass is 35.5. The molecule has 1 saturated carbocycles. The first-order valence-corrected chi connectivity index (χ1v) is 6.46. The maximum atomic E-state index is 11.8. The van der Waals surface area contributed by atoms with E-state index in [1.807, 2.05) is 0 Å². The summed E-state index contributed by atoms with van der Waals surface area (Å²) < 4.78 is 0. The van der Waals surface area contributed by atoms with E-state index in [1.54, 1.807) is 0 Å². The molecule has 0 bridgehead atoms. The Hall–Kier alpha value is -0.0300. The zero-order valence-electron chi connectivity index (χ0n) is 11.0. The Labute approximate surface area is 122 Å². The van der Waals surface area contributed by atoms with Crippen LogP contribution in [-0.2, 0) is 4.79 Å². The van der Waals surface area contributed by atoms with E-state index >= 15 is 0 Å². The fraction of sp³-hybridized carbons (Fsp3) is 0.917. The predicted molar refractivity (Wildman–Crippen MR) is 78.5 cm³/mol. The average Bonchev–Trinajstić information content (AvgIpc) is 3.01. The normalized spacial score (nSPS) is 22.6. The minimum atomic E-state index is -0.513. The summed E-state index contributed by atoms with van der Waals surface area (Å²) in [4.78, 5) is 14.2. The zero-order valence-corrected chi connectivity index (χ0v) is 12.6. The largest absolute Gasteiger partial charge is 0.352 e. The summed E-state index contributed by atoms with van der Waals surface area (Å²) in [6.45, 7) is 5.60. The van der Waals surface area contributed by atoms with E-state index in [9.17, 15) is 4.79 Å². The van der Waals surface area contributed by atoms with Gasteiger partial charge in [-0.3, -0.25) is 4.79 Å². The second-order valence-corrected chi connectivity index (χ2v) is 5.25.